The van der Waals surface area contributed by atoms with Gasteiger partial charge in [-0.2, -0.15) is 0 Å². The number of amides is 1. The van der Waals surface area contributed by atoms with Crippen molar-refractivity contribution in [2.24, 2.45) is 28.7 Å². The minimum atomic E-state index is -1.43. The van der Waals surface area contributed by atoms with E-state index in [4.69, 9.17) is 47.6 Å². The molecule has 15 heteroatoms. The Hall–Kier alpha value is -1.05. The van der Waals surface area contributed by atoms with Crippen LogP contribution in [0.1, 0.15) is 32.1 Å². The van der Waals surface area contributed by atoms with Crippen molar-refractivity contribution >= 4 is 5.91 Å². The Labute approximate surface area is 215 Å². The number of nitrogens with one attached hydrogen (secondary N) is 1. The van der Waals surface area contributed by atoms with Crippen molar-refractivity contribution in [1.82, 2.24) is 5.32 Å². The van der Waals surface area contributed by atoms with Gasteiger partial charge in [0.1, 0.15) is 30.5 Å². The van der Waals surface area contributed by atoms with E-state index in [-0.39, 0.29) is 45.1 Å². The van der Waals surface area contributed by atoms with E-state index < -0.39 is 79.3 Å². The maximum atomic E-state index is 12.6. The zero-order valence-corrected chi connectivity index (χ0v) is 20.9. The van der Waals surface area contributed by atoms with Crippen LogP contribution in [-0.2, 0) is 23.7 Å². The third kappa shape index (κ3) is 7.54. The zero-order valence-electron chi connectivity index (χ0n) is 20.9. The fraction of sp³-hybridized carbons (Fsp3) is 0.955. The second kappa shape index (κ2) is 13.8. The van der Waals surface area contributed by atoms with E-state index in [0.29, 0.717) is 12.8 Å². The maximum Gasteiger partial charge on any atom is 0.249 e. The lowest BCUT2D eigenvalue weighted by Gasteiger charge is -2.48. The average Bonchev–Trinajstić information content (AvgIpc) is 2.87. The van der Waals surface area contributed by atoms with E-state index in [2.05, 4.69) is 5.32 Å². The highest BCUT2D eigenvalue weighted by Gasteiger charge is 2.49. The molecular weight excluding hydrogens is 492 g/mol. The van der Waals surface area contributed by atoms with Crippen molar-refractivity contribution in [1.29, 1.82) is 0 Å². The number of nitrogens with two attached hydrogens (primary N) is 5. The van der Waals surface area contributed by atoms with Crippen LogP contribution < -0.4 is 34.0 Å². The van der Waals surface area contributed by atoms with Crippen LogP contribution in [0.2, 0.25) is 0 Å². The predicted octanol–water partition coefficient (Wildman–Crippen LogP) is -5.37. The molecule has 1 saturated carbocycles. The van der Waals surface area contributed by atoms with E-state index in [9.17, 15) is 25.2 Å². The molecule has 0 radical (unpaired) electrons. The van der Waals surface area contributed by atoms with E-state index in [1.165, 1.54) is 0 Å². The molecule has 37 heavy (non-hydrogen) atoms. The van der Waals surface area contributed by atoms with Crippen LogP contribution in [0, 0.1) is 0 Å². The first kappa shape index (κ1) is 30.5. The molecule has 3 fully saturated rings. The van der Waals surface area contributed by atoms with Gasteiger partial charge in [-0.15, -0.1) is 0 Å². The summed E-state index contributed by atoms with van der Waals surface area (Å²) in [5.41, 5.74) is 29.7. The summed E-state index contributed by atoms with van der Waals surface area (Å²) < 4.78 is 23.5. The number of hydrogen-bond acceptors (Lipinski definition) is 14. The molecule has 15 N–H and O–H groups in total. The third-order valence-corrected chi connectivity index (χ3v) is 7.21. The first-order chi connectivity index (χ1) is 17.6. The largest absolute Gasteiger partial charge is 0.394 e. The molecule has 0 unspecified atom stereocenters. The molecule has 0 aromatic rings. The number of ether oxygens (including phenoxy) is 4. The molecule has 0 bridgehead atoms. The van der Waals surface area contributed by atoms with Gasteiger partial charge in [0.25, 0.3) is 0 Å². The minimum Gasteiger partial charge on any atom is -0.394 e. The van der Waals surface area contributed by atoms with Gasteiger partial charge in [-0.25, -0.2) is 0 Å². The van der Waals surface area contributed by atoms with Crippen LogP contribution in [0.3, 0.4) is 0 Å². The van der Waals surface area contributed by atoms with Crippen LogP contribution in [0.5, 0.6) is 0 Å². The van der Waals surface area contributed by atoms with Crippen molar-refractivity contribution in [3.8, 4) is 0 Å². The summed E-state index contributed by atoms with van der Waals surface area (Å²) in [4.78, 5) is 12.6. The summed E-state index contributed by atoms with van der Waals surface area (Å²) in [7, 11) is 0. The smallest absolute Gasteiger partial charge is 0.249 e. The Morgan fingerprint density at radius 3 is 2.24 bits per heavy atom. The monoisotopic (exact) mass is 536 g/mol. The van der Waals surface area contributed by atoms with Gasteiger partial charge >= 0.3 is 0 Å². The molecule has 0 aromatic heterocycles. The first-order valence-corrected chi connectivity index (χ1v) is 12.8. The van der Waals surface area contributed by atoms with Gasteiger partial charge in [-0.05, 0) is 38.6 Å². The number of carbonyl (C=O) groups excluding carboxylic acids is 1. The predicted molar refractivity (Wildman–Crippen MR) is 129 cm³/mol. The van der Waals surface area contributed by atoms with Crippen LogP contribution in [0.25, 0.3) is 0 Å². The second-order valence-electron chi connectivity index (χ2n) is 10.1. The molecule has 2 saturated heterocycles. The number of rotatable bonds is 10. The van der Waals surface area contributed by atoms with Gasteiger partial charge in [0.15, 0.2) is 12.6 Å². The standard InChI is InChI=1S/C22H44N6O9/c23-4-3-15(30)20(33)28-14-6-13(27)18(36-21-11(25)2-1-9(7-24)34-21)17(32)19(14)37-22-16(31)12(26)5-10(8-29)35-22/h9-19,21-22,29-32H,1-8,23-27H2,(H,28,33)/t9-,10-,11+,12-,13-,14+,15-,16+,17-,18+,19-,21+,22+/m0/s1. The molecule has 13 atom stereocenters. The quantitative estimate of drug-likeness (QED) is 0.125. The molecule has 216 valence electrons. The summed E-state index contributed by atoms with van der Waals surface area (Å²) >= 11 is 0. The molecule has 0 spiro atoms. The Morgan fingerprint density at radius 2 is 1.59 bits per heavy atom. The lowest BCUT2D eigenvalue weighted by atomic mass is 9.83. The SMILES string of the molecule is NCC[C@H](O)C(=O)N[C@@H]1C[C@H](N)[C@@H](O[C@H]2O[C@H](CN)CC[C@H]2N)[C@H](O)[C@H]1O[C@H]1O[C@H](CO)C[C@H](N)[C@H]1O. The molecule has 3 rings (SSSR count). The molecule has 0 aromatic carbocycles. The fourth-order valence-electron chi connectivity index (χ4n) is 5.00. The zero-order chi connectivity index (χ0) is 27.3. The molecule has 2 heterocycles. The lowest BCUT2D eigenvalue weighted by molar-refractivity contribution is -0.301. The summed E-state index contributed by atoms with van der Waals surface area (Å²) in [6.07, 6.45) is -7.88. The van der Waals surface area contributed by atoms with Gasteiger partial charge in [0, 0.05) is 18.6 Å². The normalized spacial score (nSPS) is 43.8. The average molecular weight is 537 g/mol. The number of aliphatic hydroxyl groups excluding tert-OH is 4. The number of carbonyl (C=O) groups is 1. The molecule has 3 aliphatic rings. The van der Waals surface area contributed by atoms with E-state index in [1.54, 1.807) is 0 Å². The van der Waals surface area contributed by atoms with Crippen LogP contribution in [0.15, 0.2) is 0 Å². The number of aliphatic hydroxyl groups is 4. The van der Waals surface area contributed by atoms with Crippen molar-refractivity contribution in [2.75, 3.05) is 19.7 Å². The molecule has 1 amide bonds. The first-order valence-electron chi connectivity index (χ1n) is 12.8. The summed E-state index contributed by atoms with van der Waals surface area (Å²) in [5, 5.41) is 44.2. The molecular formula is C22H44N6O9. The molecule has 1 aliphatic carbocycles. The maximum absolute atomic E-state index is 12.6. The van der Waals surface area contributed by atoms with Crippen molar-refractivity contribution in [2.45, 2.75) is 112 Å². The second-order valence-corrected chi connectivity index (χ2v) is 10.1. The van der Waals surface area contributed by atoms with Gasteiger partial charge in [0.05, 0.1) is 30.9 Å². The highest BCUT2D eigenvalue weighted by molar-refractivity contribution is 5.80. The highest BCUT2D eigenvalue weighted by Crippen LogP contribution is 2.31. The van der Waals surface area contributed by atoms with Gasteiger partial charge < -0.3 is 73.4 Å². The van der Waals surface area contributed by atoms with Crippen molar-refractivity contribution < 1.29 is 44.2 Å². The van der Waals surface area contributed by atoms with Gasteiger partial charge in [0.2, 0.25) is 5.91 Å². The minimum absolute atomic E-state index is 0.0289. The van der Waals surface area contributed by atoms with Crippen molar-refractivity contribution in [3.05, 3.63) is 0 Å². The van der Waals surface area contributed by atoms with E-state index in [0.717, 1.165) is 0 Å². The Morgan fingerprint density at radius 1 is 0.919 bits per heavy atom. The lowest BCUT2D eigenvalue weighted by Crippen LogP contribution is -2.68. The van der Waals surface area contributed by atoms with E-state index in [1.807, 2.05) is 0 Å². The number of hydrogen-bond donors (Lipinski definition) is 10. The van der Waals surface area contributed by atoms with Crippen LogP contribution in [-0.4, -0.2) is 126 Å². The van der Waals surface area contributed by atoms with Crippen LogP contribution >= 0.6 is 0 Å². The summed E-state index contributed by atoms with van der Waals surface area (Å²) in [5.74, 6) is -0.721. The Bertz CT molecular complexity index is 726. The summed E-state index contributed by atoms with van der Waals surface area (Å²) in [6.45, 7) is 0.0139. The molecule has 15 nitrogen and oxygen atoms in total. The Kier molecular flexibility index (Phi) is 11.4. The van der Waals surface area contributed by atoms with Gasteiger partial charge in [-0.3, -0.25) is 4.79 Å². The van der Waals surface area contributed by atoms with Crippen molar-refractivity contribution in [3.63, 3.8) is 0 Å². The van der Waals surface area contributed by atoms with E-state index >= 15 is 0 Å². The fourth-order valence-corrected chi connectivity index (χ4v) is 5.00. The Balaban J connectivity index is 1.80. The summed E-state index contributed by atoms with van der Waals surface area (Å²) in [6, 6.07) is -2.92. The highest BCUT2D eigenvalue weighted by atomic mass is 16.7. The topological polar surface area (TPSA) is 277 Å². The third-order valence-electron chi connectivity index (χ3n) is 7.21. The van der Waals surface area contributed by atoms with Gasteiger partial charge in [-0.1, -0.05) is 0 Å². The molecule has 2 aliphatic heterocycles. The van der Waals surface area contributed by atoms with Crippen LogP contribution in [0.4, 0.5) is 0 Å².